The number of ether oxygens (including phenoxy) is 1. The molecule has 1 amide bonds. The predicted molar refractivity (Wildman–Crippen MR) is 142 cm³/mol. The van der Waals surface area contributed by atoms with Crippen molar-refractivity contribution in [3.63, 3.8) is 0 Å². The highest BCUT2D eigenvalue weighted by molar-refractivity contribution is 5.96. The average molecular weight is 494 g/mol. The summed E-state index contributed by atoms with van der Waals surface area (Å²) in [6.45, 7) is 5.63. The Morgan fingerprint density at radius 2 is 1.56 bits per heavy atom. The standard InChI is InChI=1S/C27H35N5O4/c1-20(2)16-32-25(28)24(26(34)29-27(32)35)31(14-15-36-3)23(33)19-30(17-21-10-6-4-7-11-21)18-22-12-8-5-9-13-22/h4-13,20H,14-19,28H2,1-3H3,(H,29,34,35). The number of carbonyl (C=O) groups is 1. The summed E-state index contributed by atoms with van der Waals surface area (Å²) in [7, 11) is 1.52. The van der Waals surface area contributed by atoms with Gasteiger partial charge in [0.2, 0.25) is 5.91 Å². The zero-order valence-corrected chi connectivity index (χ0v) is 21.1. The van der Waals surface area contributed by atoms with Crippen LogP contribution in [-0.4, -0.2) is 47.2 Å². The topological polar surface area (TPSA) is 114 Å². The molecule has 192 valence electrons. The first-order valence-corrected chi connectivity index (χ1v) is 12.0. The largest absolute Gasteiger partial charge is 0.383 e. The summed E-state index contributed by atoms with van der Waals surface area (Å²) in [6, 6.07) is 19.8. The lowest BCUT2D eigenvalue weighted by molar-refractivity contribution is -0.120. The minimum atomic E-state index is -0.695. The highest BCUT2D eigenvalue weighted by atomic mass is 16.5. The molecule has 3 N–H and O–H groups in total. The fourth-order valence-corrected chi connectivity index (χ4v) is 4.06. The van der Waals surface area contributed by atoms with E-state index in [-0.39, 0.29) is 43.0 Å². The van der Waals surface area contributed by atoms with Crippen LogP contribution in [0.5, 0.6) is 0 Å². The SMILES string of the molecule is COCCN(C(=O)CN(Cc1ccccc1)Cc1ccccc1)c1c(N)n(CC(C)C)c(=O)[nH]c1=O. The molecule has 3 aromatic rings. The van der Waals surface area contributed by atoms with Gasteiger partial charge >= 0.3 is 5.69 Å². The number of benzene rings is 2. The summed E-state index contributed by atoms with van der Waals surface area (Å²) >= 11 is 0. The Bertz CT molecular complexity index is 1200. The molecule has 0 unspecified atom stereocenters. The molecule has 3 rings (SSSR count). The van der Waals surface area contributed by atoms with Crippen LogP contribution in [0.4, 0.5) is 11.5 Å². The van der Waals surface area contributed by atoms with Gasteiger partial charge in [-0.2, -0.15) is 0 Å². The third kappa shape index (κ3) is 7.16. The van der Waals surface area contributed by atoms with E-state index < -0.39 is 11.2 Å². The molecule has 0 saturated heterocycles. The third-order valence-electron chi connectivity index (χ3n) is 5.71. The van der Waals surface area contributed by atoms with Gasteiger partial charge in [-0.05, 0) is 17.0 Å². The van der Waals surface area contributed by atoms with Crippen LogP contribution < -0.4 is 21.9 Å². The molecule has 0 radical (unpaired) electrons. The molecular formula is C27H35N5O4. The normalized spacial score (nSPS) is 11.2. The van der Waals surface area contributed by atoms with Gasteiger partial charge in [0, 0.05) is 33.3 Å². The number of H-pyrrole nitrogens is 1. The number of nitrogen functional groups attached to an aromatic ring is 1. The lowest BCUT2D eigenvalue weighted by Gasteiger charge is -2.28. The number of nitrogens with zero attached hydrogens (tertiary/aromatic N) is 3. The molecule has 0 fully saturated rings. The molecule has 0 spiro atoms. The van der Waals surface area contributed by atoms with Gasteiger partial charge in [0.05, 0.1) is 13.2 Å². The molecule has 0 aliphatic carbocycles. The highest BCUT2D eigenvalue weighted by Gasteiger charge is 2.26. The van der Waals surface area contributed by atoms with E-state index in [2.05, 4.69) is 4.98 Å². The van der Waals surface area contributed by atoms with Crippen LogP contribution in [0.3, 0.4) is 0 Å². The maximum absolute atomic E-state index is 13.7. The molecular weight excluding hydrogens is 458 g/mol. The fourth-order valence-electron chi connectivity index (χ4n) is 4.06. The number of rotatable bonds is 12. The molecule has 0 aliphatic heterocycles. The minimum absolute atomic E-state index is 0.0282. The fraction of sp³-hybridized carbons (Fsp3) is 0.370. The number of nitrogens with one attached hydrogen (secondary N) is 1. The van der Waals surface area contributed by atoms with Gasteiger partial charge in [0.15, 0.2) is 5.69 Å². The van der Waals surface area contributed by atoms with Crippen LogP contribution >= 0.6 is 0 Å². The third-order valence-corrected chi connectivity index (χ3v) is 5.71. The number of amides is 1. The second-order valence-corrected chi connectivity index (χ2v) is 9.15. The molecule has 9 heteroatoms. The number of aromatic amines is 1. The number of hydrogen-bond acceptors (Lipinski definition) is 6. The van der Waals surface area contributed by atoms with E-state index in [1.807, 2.05) is 79.4 Å². The van der Waals surface area contributed by atoms with Crippen molar-refractivity contribution in [3.8, 4) is 0 Å². The first-order chi connectivity index (χ1) is 17.3. The van der Waals surface area contributed by atoms with Gasteiger partial charge < -0.3 is 15.4 Å². The van der Waals surface area contributed by atoms with Crippen molar-refractivity contribution >= 4 is 17.4 Å². The van der Waals surface area contributed by atoms with E-state index in [0.29, 0.717) is 19.6 Å². The van der Waals surface area contributed by atoms with E-state index in [1.165, 1.54) is 16.6 Å². The van der Waals surface area contributed by atoms with Crippen LogP contribution in [0.2, 0.25) is 0 Å². The van der Waals surface area contributed by atoms with E-state index in [0.717, 1.165) is 11.1 Å². The van der Waals surface area contributed by atoms with Gasteiger partial charge in [-0.1, -0.05) is 74.5 Å². The molecule has 2 aromatic carbocycles. The smallest absolute Gasteiger partial charge is 0.330 e. The Labute approximate surface area is 211 Å². The molecule has 1 aromatic heterocycles. The molecule has 1 heterocycles. The zero-order valence-electron chi connectivity index (χ0n) is 21.1. The Hall–Kier alpha value is -3.69. The van der Waals surface area contributed by atoms with Crippen LogP contribution in [0.25, 0.3) is 0 Å². The van der Waals surface area contributed by atoms with Gasteiger partial charge in [0.25, 0.3) is 5.56 Å². The Morgan fingerprint density at radius 3 is 2.06 bits per heavy atom. The highest BCUT2D eigenvalue weighted by Crippen LogP contribution is 2.19. The number of aromatic nitrogens is 2. The van der Waals surface area contributed by atoms with Crippen LogP contribution in [0.15, 0.2) is 70.3 Å². The Kier molecular flexibility index (Phi) is 9.61. The van der Waals surface area contributed by atoms with Crippen molar-refractivity contribution < 1.29 is 9.53 Å². The summed E-state index contributed by atoms with van der Waals surface area (Å²) < 4.78 is 6.52. The lowest BCUT2D eigenvalue weighted by atomic mass is 10.1. The summed E-state index contributed by atoms with van der Waals surface area (Å²) in [4.78, 5) is 44.7. The second kappa shape index (κ2) is 12.9. The van der Waals surface area contributed by atoms with Gasteiger partial charge in [0.1, 0.15) is 5.82 Å². The summed E-state index contributed by atoms with van der Waals surface area (Å²) in [5.74, 6) is -0.232. The first-order valence-electron chi connectivity index (χ1n) is 12.0. The number of methoxy groups -OCH3 is 1. The monoisotopic (exact) mass is 493 g/mol. The minimum Gasteiger partial charge on any atom is -0.383 e. The van der Waals surface area contributed by atoms with E-state index in [4.69, 9.17) is 10.5 Å². The maximum Gasteiger partial charge on any atom is 0.330 e. The Balaban J connectivity index is 1.96. The summed E-state index contributed by atoms with van der Waals surface area (Å²) in [5.41, 5.74) is 7.12. The van der Waals surface area contributed by atoms with Crippen molar-refractivity contribution in [1.29, 1.82) is 0 Å². The van der Waals surface area contributed by atoms with E-state index in [9.17, 15) is 14.4 Å². The summed E-state index contributed by atoms with van der Waals surface area (Å²) in [6.07, 6.45) is 0. The molecule has 36 heavy (non-hydrogen) atoms. The molecule has 9 nitrogen and oxygen atoms in total. The van der Waals surface area contributed by atoms with E-state index >= 15 is 0 Å². The molecule has 0 aliphatic rings. The molecule has 0 saturated carbocycles. The van der Waals surface area contributed by atoms with Crippen LogP contribution in [-0.2, 0) is 29.2 Å². The quantitative estimate of drug-likeness (QED) is 0.401. The predicted octanol–water partition coefficient (Wildman–Crippen LogP) is 2.46. The Morgan fingerprint density at radius 1 is 1.00 bits per heavy atom. The number of carbonyl (C=O) groups excluding carboxylic acids is 1. The van der Waals surface area contributed by atoms with Crippen molar-refractivity contribution in [1.82, 2.24) is 14.5 Å². The van der Waals surface area contributed by atoms with Crippen LogP contribution in [0.1, 0.15) is 25.0 Å². The molecule has 0 atom stereocenters. The number of nitrogens with two attached hydrogens (primary N) is 1. The van der Waals surface area contributed by atoms with Gasteiger partial charge in [-0.15, -0.1) is 0 Å². The molecule has 0 bridgehead atoms. The first kappa shape index (κ1) is 26.9. The van der Waals surface area contributed by atoms with Gasteiger partial charge in [-0.3, -0.25) is 24.0 Å². The zero-order chi connectivity index (χ0) is 26.1. The number of anilines is 2. The van der Waals surface area contributed by atoms with Crippen molar-refractivity contribution in [3.05, 3.63) is 92.6 Å². The van der Waals surface area contributed by atoms with Crippen molar-refractivity contribution in [2.45, 2.75) is 33.5 Å². The average Bonchev–Trinajstić information content (AvgIpc) is 2.84. The van der Waals surface area contributed by atoms with Crippen LogP contribution in [0, 0.1) is 5.92 Å². The van der Waals surface area contributed by atoms with Crippen molar-refractivity contribution in [2.24, 2.45) is 5.92 Å². The van der Waals surface area contributed by atoms with Gasteiger partial charge in [-0.25, -0.2) is 4.79 Å². The van der Waals surface area contributed by atoms with E-state index in [1.54, 1.807) is 0 Å². The maximum atomic E-state index is 13.7. The summed E-state index contributed by atoms with van der Waals surface area (Å²) in [5, 5.41) is 0. The second-order valence-electron chi connectivity index (χ2n) is 9.15. The lowest BCUT2D eigenvalue weighted by Crippen LogP contribution is -2.46. The van der Waals surface area contributed by atoms with Crippen molar-refractivity contribution in [2.75, 3.05) is 37.4 Å². The number of hydrogen-bond donors (Lipinski definition) is 2.